The van der Waals surface area contributed by atoms with Gasteiger partial charge in [-0.2, -0.15) is 0 Å². The summed E-state index contributed by atoms with van der Waals surface area (Å²) < 4.78 is 12.9. The zero-order valence-corrected chi connectivity index (χ0v) is 6.90. The molecule has 0 aliphatic heterocycles. The number of primary amides is 1. The molecule has 1 aromatic rings. The first kappa shape index (κ1) is 9.38. The minimum Gasteiger partial charge on any atom is -0.369 e. The number of nitrogens with two attached hydrogens (primary N) is 1. The van der Waals surface area contributed by atoms with Crippen molar-refractivity contribution in [3.05, 3.63) is 35.9 Å². The van der Waals surface area contributed by atoms with Crippen LogP contribution < -0.4 is 5.73 Å². The number of hydrogen-bond acceptors (Lipinski definition) is 2. The van der Waals surface area contributed by atoms with Crippen molar-refractivity contribution in [1.29, 1.82) is 0 Å². The normalized spacial score (nSPS) is 10.5. The molecule has 2 N–H and O–H groups in total. The van der Waals surface area contributed by atoms with E-state index in [9.17, 15) is 9.18 Å². The summed E-state index contributed by atoms with van der Waals surface area (Å²) >= 11 is 0. The van der Waals surface area contributed by atoms with Crippen LogP contribution in [-0.4, -0.2) is 10.9 Å². The summed E-state index contributed by atoms with van der Waals surface area (Å²) in [5, 5.41) is 0. The van der Waals surface area contributed by atoms with Gasteiger partial charge in [0.1, 0.15) is 5.82 Å². The van der Waals surface area contributed by atoms with E-state index in [4.69, 9.17) is 5.73 Å². The van der Waals surface area contributed by atoms with Gasteiger partial charge in [0.25, 0.3) is 0 Å². The molecule has 0 saturated heterocycles. The molecule has 0 aromatic carbocycles. The molecule has 0 unspecified atom stereocenters. The molecule has 0 atom stereocenters. The van der Waals surface area contributed by atoms with Crippen LogP contribution in [0.4, 0.5) is 4.39 Å². The Morgan fingerprint density at radius 2 is 2.46 bits per heavy atom. The van der Waals surface area contributed by atoms with Gasteiger partial charge in [-0.3, -0.25) is 9.78 Å². The first-order valence-corrected chi connectivity index (χ1v) is 3.74. The summed E-state index contributed by atoms with van der Waals surface area (Å²) in [6.07, 6.45) is 5.72. The van der Waals surface area contributed by atoms with Crippen molar-refractivity contribution in [1.82, 2.24) is 4.98 Å². The Kier molecular flexibility index (Phi) is 3.14. The van der Waals surface area contributed by atoms with E-state index in [1.165, 1.54) is 24.4 Å². The number of nitrogens with zero attached hydrogens (tertiary/aromatic N) is 1. The van der Waals surface area contributed by atoms with Crippen LogP contribution in [0.2, 0.25) is 0 Å². The third-order valence-corrected chi connectivity index (χ3v) is 1.42. The van der Waals surface area contributed by atoms with Crippen LogP contribution in [0.5, 0.6) is 0 Å². The van der Waals surface area contributed by atoms with E-state index in [1.54, 1.807) is 0 Å². The molecule has 0 saturated carbocycles. The highest BCUT2D eigenvalue weighted by Gasteiger charge is 1.95. The molecule has 0 aliphatic carbocycles. The third-order valence-electron chi connectivity index (χ3n) is 1.42. The van der Waals surface area contributed by atoms with Crippen LogP contribution in [0.15, 0.2) is 24.5 Å². The van der Waals surface area contributed by atoms with E-state index in [-0.39, 0.29) is 6.42 Å². The molecule has 13 heavy (non-hydrogen) atoms. The number of amides is 1. The molecule has 0 aliphatic rings. The number of carbonyl (C=O) groups excluding carboxylic acids is 1. The minimum absolute atomic E-state index is 0.113. The Morgan fingerprint density at radius 1 is 1.69 bits per heavy atom. The molecule has 0 bridgehead atoms. The summed E-state index contributed by atoms with van der Waals surface area (Å²) in [7, 11) is 0. The van der Waals surface area contributed by atoms with E-state index >= 15 is 0 Å². The molecule has 1 amide bonds. The molecule has 3 nitrogen and oxygen atoms in total. The van der Waals surface area contributed by atoms with Crippen LogP contribution >= 0.6 is 0 Å². The van der Waals surface area contributed by atoms with Crippen molar-refractivity contribution < 1.29 is 9.18 Å². The molecular formula is C9H9FN2O. The average molecular weight is 180 g/mol. The molecule has 1 aromatic heterocycles. The number of pyridine rings is 1. The van der Waals surface area contributed by atoms with Gasteiger partial charge < -0.3 is 5.73 Å². The summed E-state index contributed by atoms with van der Waals surface area (Å²) in [6, 6.07) is 1.52. The van der Waals surface area contributed by atoms with Crippen LogP contribution in [0.3, 0.4) is 0 Å². The number of hydrogen-bond donors (Lipinski definition) is 1. The van der Waals surface area contributed by atoms with Crippen LogP contribution in [-0.2, 0) is 4.79 Å². The van der Waals surface area contributed by atoms with Gasteiger partial charge in [0, 0.05) is 18.2 Å². The maximum Gasteiger partial charge on any atom is 0.221 e. The van der Waals surface area contributed by atoms with Gasteiger partial charge >= 0.3 is 0 Å². The largest absolute Gasteiger partial charge is 0.369 e. The highest BCUT2D eigenvalue weighted by atomic mass is 19.1. The maximum absolute atomic E-state index is 12.9. The fourth-order valence-corrected chi connectivity index (χ4v) is 0.823. The highest BCUT2D eigenvalue weighted by molar-refractivity contribution is 5.76. The SMILES string of the molecule is NC(=O)CC=Cc1ccncc1F. The van der Waals surface area contributed by atoms with Gasteiger partial charge in [-0.25, -0.2) is 4.39 Å². The van der Waals surface area contributed by atoms with Gasteiger partial charge in [0.15, 0.2) is 0 Å². The second-order valence-corrected chi connectivity index (χ2v) is 2.47. The molecule has 0 radical (unpaired) electrons. The molecule has 0 spiro atoms. The van der Waals surface area contributed by atoms with Gasteiger partial charge in [-0.05, 0) is 6.07 Å². The fourth-order valence-electron chi connectivity index (χ4n) is 0.823. The molecule has 1 rings (SSSR count). The summed E-state index contributed by atoms with van der Waals surface area (Å²) in [5.41, 5.74) is 5.30. The predicted molar refractivity (Wildman–Crippen MR) is 47.0 cm³/mol. The lowest BCUT2D eigenvalue weighted by atomic mass is 10.2. The summed E-state index contributed by atoms with van der Waals surface area (Å²) in [4.78, 5) is 13.9. The van der Waals surface area contributed by atoms with Crippen molar-refractivity contribution in [2.75, 3.05) is 0 Å². The van der Waals surface area contributed by atoms with Crippen molar-refractivity contribution in [3.8, 4) is 0 Å². The molecular weight excluding hydrogens is 171 g/mol. The van der Waals surface area contributed by atoms with Crippen LogP contribution in [0.1, 0.15) is 12.0 Å². The minimum atomic E-state index is -0.439. The zero-order valence-electron chi connectivity index (χ0n) is 6.90. The average Bonchev–Trinajstić information content (AvgIpc) is 2.08. The standard InChI is InChI=1S/C9H9FN2O/c10-8-6-12-5-4-7(8)2-1-3-9(11)13/h1-2,4-6H,3H2,(H2,11,13). The van der Waals surface area contributed by atoms with E-state index in [1.807, 2.05) is 0 Å². The van der Waals surface area contributed by atoms with Gasteiger partial charge in [0.2, 0.25) is 5.91 Å². The molecule has 68 valence electrons. The van der Waals surface area contributed by atoms with Crippen molar-refractivity contribution >= 4 is 12.0 Å². The summed E-state index contributed by atoms with van der Waals surface area (Å²) in [6.45, 7) is 0. The summed E-state index contributed by atoms with van der Waals surface area (Å²) in [5.74, 6) is -0.853. The maximum atomic E-state index is 12.9. The zero-order chi connectivity index (χ0) is 9.68. The van der Waals surface area contributed by atoms with E-state index < -0.39 is 11.7 Å². The number of halogens is 1. The second kappa shape index (κ2) is 4.35. The van der Waals surface area contributed by atoms with Crippen molar-refractivity contribution in [2.45, 2.75) is 6.42 Å². The van der Waals surface area contributed by atoms with Crippen LogP contribution in [0.25, 0.3) is 6.08 Å². The van der Waals surface area contributed by atoms with Crippen LogP contribution in [0, 0.1) is 5.82 Å². The first-order chi connectivity index (χ1) is 6.20. The molecule has 4 heteroatoms. The van der Waals surface area contributed by atoms with Gasteiger partial charge in [0.05, 0.1) is 6.20 Å². The Labute approximate surface area is 75.1 Å². The first-order valence-electron chi connectivity index (χ1n) is 3.74. The second-order valence-electron chi connectivity index (χ2n) is 2.47. The Bertz CT molecular complexity index is 336. The smallest absolute Gasteiger partial charge is 0.221 e. The third kappa shape index (κ3) is 3.02. The van der Waals surface area contributed by atoms with Crippen molar-refractivity contribution in [2.24, 2.45) is 5.73 Å². The topological polar surface area (TPSA) is 56.0 Å². The monoisotopic (exact) mass is 180 g/mol. The highest BCUT2D eigenvalue weighted by Crippen LogP contribution is 2.06. The predicted octanol–water partition coefficient (Wildman–Crippen LogP) is 1.11. The van der Waals surface area contributed by atoms with Gasteiger partial charge in [-0.15, -0.1) is 0 Å². The van der Waals surface area contributed by atoms with Gasteiger partial charge in [-0.1, -0.05) is 12.2 Å². The Hall–Kier alpha value is -1.71. The molecule has 0 fully saturated rings. The molecule has 1 heterocycles. The van der Waals surface area contributed by atoms with E-state index in [0.29, 0.717) is 5.56 Å². The van der Waals surface area contributed by atoms with E-state index in [0.717, 1.165) is 6.20 Å². The number of rotatable bonds is 3. The number of carbonyl (C=O) groups is 1. The lowest BCUT2D eigenvalue weighted by Gasteiger charge is -1.93. The fraction of sp³-hybridized carbons (Fsp3) is 0.111. The van der Waals surface area contributed by atoms with E-state index in [2.05, 4.69) is 4.98 Å². The quantitative estimate of drug-likeness (QED) is 0.757. The lowest BCUT2D eigenvalue weighted by molar-refractivity contribution is -0.117. The Morgan fingerprint density at radius 3 is 3.08 bits per heavy atom. The van der Waals surface area contributed by atoms with Crippen molar-refractivity contribution in [3.63, 3.8) is 0 Å². The lowest BCUT2D eigenvalue weighted by Crippen LogP contribution is -2.07. The number of aromatic nitrogens is 1. The Balaban J connectivity index is 2.68.